The first kappa shape index (κ1) is 24.3. The van der Waals surface area contributed by atoms with Crippen molar-refractivity contribution in [3.63, 3.8) is 0 Å². The van der Waals surface area contributed by atoms with Crippen LogP contribution in [0.15, 0.2) is 54.6 Å². The second kappa shape index (κ2) is 11.1. The number of carbonyl (C=O) groups excluding carboxylic acids is 3. The Labute approximate surface area is 207 Å². The largest absolute Gasteiger partial charge is 0.368 e. The van der Waals surface area contributed by atoms with Crippen LogP contribution in [0.1, 0.15) is 10.4 Å². The van der Waals surface area contributed by atoms with Crippen LogP contribution in [0.4, 0.5) is 5.69 Å². The number of nitrogens with one attached hydrogen (secondary N) is 3. The number of nitrogens with zero attached hydrogens (tertiary/aromatic N) is 2. The molecule has 2 aliphatic heterocycles. The van der Waals surface area contributed by atoms with Crippen LogP contribution < -0.4 is 26.6 Å². The monoisotopic (exact) mass is 502 g/mol. The Hall–Kier alpha value is -2.79. The molecule has 0 radical (unpaired) electrons. The van der Waals surface area contributed by atoms with Crippen molar-refractivity contribution in [2.24, 2.45) is 5.73 Å². The summed E-state index contributed by atoms with van der Waals surface area (Å²) >= 11 is 7.11. The molecule has 11 heteroatoms. The average molecular weight is 503 g/mol. The Morgan fingerprint density at radius 1 is 1.06 bits per heavy atom. The van der Waals surface area contributed by atoms with Crippen molar-refractivity contribution in [2.45, 2.75) is 17.7 Å². The summed E-state index contributed by atoms with van der Waals surface area (Å²) in [5, 5.41) is 8.96. The lowest BCUT2D eigenvalue weighted by Gasteiger charge is -2.37. The van der Waals surface area contributed by atoms with E-state index in [1.807, 2.05) is 23.1 Å². The van der Waals surface area contributed by atoms with E-state index in [1.54, 1.807) is 24.3 Å². The molecule has 0 aliphatic carbocycles. The number of halogens is 1. The number of carbonyl (C=O) groups is 3. The van der Waals surface area contributed by atoms with E-state index in [9.17, 15) is 14.4 Å². The summed E-state index contributed by atoms with van der Waals surface area (Å²) in [6.45, 7) is 2.85. The average Bonchev–Trinajstić information content (AvgIpc) is 2.85. The van der Waals surface area contributed by atoms with Crippen molar-refractivity contribution in [1.82, 2.24) is 20.9 Å². The Morgan fingerprint density at radius 3 is 2.38 bits per heavy atom. The molecule has 3 unspecified atom stereocenters. The lowest BCUT2D eigenvalue weighted by atomic mass is 10.1. The molecule has 0 bridgehead atoms. The van der Waals surface area contributed by atoms with Crippen LogP contribution in [0.3, 0.4) is 0 Å². The van der Waals surface area contributed by atoms with E-state index in [1.165, 1.54) is 11.8 Å². The number of thioether (sulfide) groups is 1. The quantitative estimate of drug-likeness (QED) is 0.461. The highest BCUT2D eigenvalue weighted by Gasteiger charge is 2.36. The molecule has 180 valence electrons. The van der Waals surface area contributed by atoms with Crippen LogP contribution >= 0.6 is 23.4 Å². The van der Waals surface area contributed by atoms with Crippen LogP contribution in [0.2, 0.25) is 5.02 Å². The highest BCUT2D eigenvalue weighted by molar-refractivity contribution is 8.00. The Morgan fingerprint density at radius 2 is 1.74 bits per heavy atom. The summed E-state index contributed by atoms with van der Waals surface area (Å²) in [6, 6.07) is 15.5. The molecule has 3 amide bonds. The summed E-state index contributed by atoms with van der Waals surface area (Å²) in [5.74, 6) is -0.613. The van der Waals surface area contributed by atoms with Gasteiger partial charge in [-0.05, 0) is 36.4 Å². The van der Waals surface area contributed by atoms with E-state index < -0.39 is 29.5 Å². The van der Waals surface area contributed by atoms with Crippen LogP contribution in [-0.2, 0) is 9.59 Å². The second-order valence-electron chi connectivity index (χ2n) is 8.05. The highest BCUT2D eigenvalue weighted by Crippen LogP contribution is 2.17. The van der Waals surface area contributed by atoms with Gasteiger partial charge in [-0.2, -0.15) is 0 Å². The lowest BCUT2D eigenvalue weighted by molar-refractivity contribution is -0.129. The lowest BCUT2D eigenvalue weighted by Crippen LogP contribution is -2.70. The molecule has 0 saturated carbocycles. The molecule has 3 atom stereocenters. The third kappa shape index (κ3) is 6.01. The minimum atomic E-state index is -0.943. The van der Waals surface area contributed by atoms with Crippen LogP contribution in [0, 0.1) is 0 Å². The summed E-state index contributed by atoms with van der Waals surface area (Å²) in [6.07, 6.45) is -0.799. The molecule has 4 rings (SSSR count). The molecule has 2 heterocycles. The number of anilines is 1. The number of benzene rings is 2. The minimum absolute atomic E-state index is 0.0143. The zero-order valence-electron chi connectivity index (χ0n) is 18.4. The van der Waals surface area contributed by atoms with Crippen molar-refractivity contribution in [1.29, 1.82) is 0 Å². The molecule has 0 aromatic heterocycles. The maximum absolute atomic E-state index is 12.7. The predicted molar refractivity (Wildman–Crippen MR) is 133 cm³/mol. The molecule has 2 fully saturated rings. The van der Waals surface area contributed by atoms with Gasteiger partial charge in [0.25, 0.3) is 5.91 Å². The van der Waals surface area contributed by atoms with Gasteiger partial charge in [0.15, 0.2) is 0 Å². The minimum Gasteiger partial charge on any atom is -0.368 e. The first-order valence-electron chi connectivity index (χ1n) is 11.0. The Kier molecular flexibility index (Phi) is 7.94. The van der Waals surface area contributed by atoms with Crippen molar-refractivity contribution < 1.29 is 14.4 Å². The van der Waals surface area contributed by atoms with E-state index in [-0.39, 0.29) is 11.7 Å². The molecule has 2 aliphatic rings. The van der Waals surface area contributed by atoms with Crippen molar-refractivity contribution in [3.05, 3.63) is 65.2 Å². The molecule has 0 spiro atoms. The van der Waals surface area contributed by atoms with Gasteiger partial charge in [-0.1, -0.05) is 29.8 Å². The number of hydrogen-bond donors (Lipinski definition) is 4. The molecular formula is C23H27ClN6O3S. The molecule has 34 heavy (non-hydrogen) atoms. The van der Waals surface area contributed by atoms with E-state index in [2.05, 4.69) is 33.0 Å². The standard InChI is InChI=1S/C23H27ClN6O3S/c24-16-8-6-15(7-9-16)21(32)26-19-20(25)27-23(28-22(19)33)34-14-18(31)30-12-10-29(11-13-30)17-4-2-1-3-5-17/h1-9,19-20,23,27H,10-14,25H2,(H,26,32)(H,28,33). The fourth-order valence-corrected chi connectivity index (χ4v) is 4.94. The van der Waals surface area contributed by atoms with Gasteiger partial charge in [-0.15, -0.1) is 11.8 Å². The van der Waals surface area contributed by atoms with E-state index >= 15 is 0 Å². The summed E-state index contributed by atoms with van der Waals surface area (Å²) < 4.78 is 0. The van der Waals surface area contributed by atoms with Gasteiger partial charge in [0.05, 0.1) is 11.9 Å². The van der Waals surface area contributed by atoms with Gasteiger partial charge in [0.1, 0.15) is 11.5 Å². The first-order valence-corrected chi connectivity index (χ1v) is 12.4. The fraction of sp³-hybridized carbons (Fsp3) is 0.348. The number of para-hydroxylation sites is 1. The maximum Gasteiger partial charge on any atom is 0.252 e. The molecule has 9 nitrogen and oxygen atoms in total. The SMILES string of the molecule is NC1NC(SCC(=O)N2CCN(c3ccccc3)CC2)NC(=O)C1NC(=O)c1ccc(Cl)cc1. The number of nitrogens with two attached hydrogens (primary N) is 1. The predicted octanol–water partition coefficient (Wildman–Crippen LogP) is 0.808. The normalized spacial score (nSPS) is 22.8. The fourth-order valence-electron chi connectivity index (χ4n) is 3.86. The van der Waals surface area contributed by atoms with Gasteiger partial charge in [-0.25, -0.2) is 0 Å². The third-order valence-corrected chi connectivity index (χ3v) is 7.03. The second-order valence-corrected chi connectivity index (χ2v) is 9.58. The highest BCUT2D eigenvalue weighted by atomic mass is 35.5. The van der Waals surface area contributed by atoms with Gasteiger partial charge in [0, 0.05) is 42.5 Å². The van der Waals surface area contributed by atoms with Crippen LogP contribution in [0.5, 0.6) is 0 Å². The summed E-state index contributed by atoms with van der Waals surface area (Å²) in [4.78, 5) is 41.8. The third-order valence-electron chi connectivity index (χ3n) is 5.78. The van der Waals surface area contributed by atoms with Gasteiger partial charge >= 0.3 is 0 Å². The van der Waals surface area contributed by atoms with Gasteiger partial charge in [-0.3, -0.25) is 19.7 Å². The van der Waals surface area contributed by atoms with Gasteiger partial charge in [0.2, 0.25) is 11.8 Å². The molecule has 5 N–H and O–H groups in total. The van der Waals surface area contributed by atoms with Crippen LogP contribution in [0.25, 0.3) is 0 Å². The Bertz CT molecular complexity index is 1020. The number of amides is 3. The maximum atomic E-state index is 12.7. The number of hydrogen-bond acceptors (Lipinski definition) is 7. The number of piperazine rings is 1. The van der Waals surface area contributed by atoms with Gasteiger partial charge < -0.3 is 26.2 Å². The molecule has 2 saturated heterocycles. The molecule has 2 aromatic rings. The first-order chi connectivity index (χ1) is 16.4. The summed E-state index contributed by atoms with van der Waals surface area (Å²) in [5.41, 5.74) is 7.11. The zero-order valence-corrected chi connectivity index (χ0v) is 20.0. The van der Waals surface area contributed by atoms with E-state index in [4.69, 9.17) is 17.3 Å². The number of rotatable bonds is 6. The van der Waals surface area contributed by atoms with Crippen molar-refractivity contribution >= 4 is 46.8 Å². The zero-order chi connectivity index (χ0) is 24.1. The topological polar surface area (TPSA) is 120 Å². The molecule has 2 aromatic carbocycles. The Balaban J connectivity index is 1.22. The van der Waals surface area contributed by atoms with E-state index in [0.717, 1.165) is 18.8 Å². The van der Waals surface area contributed by atoms with Crippen molar-refractivity contribution in [3.8, 4) is 0 Å². The van der Waals surface area contributed by atoms with E-state index in [0.29, 0.717) is 23.7 Å². The van der Waals surface area contributed by atoms with Crippen molar-refractivity contribution in [2.75, 3.05) is 36.8 Å². The summed E-state index contributed by atoms with van der Waals surface area (Å²) in [7, 11) is 0. The smallest absolute Gasteiger partial charge is 0.252 e. The van der Waals surface area contributed by atoms with Crippen LogP contribution in [-0.4, -0.2) is 72.3 Å². The molecular weight excluding hydrogens is 476 g/mol.